The molecule has 1 heterocycles. The van der Waals surface area contributed by atoms with Crippen molar-refractivity contribution >= 4 is 41.7 Å². The Balaban J connectivity index is 0.00000363. The van der Waals surface area contributed by atoms with E-state index < -0.39 is 0 Å². The van der Waals surface area contributed by atoms with Crippen LogP contribution in [0.25, 0.3) is 0 Å². The van der Waals surface area contributed by atoms with Gasteiger partial charge in [0.2, 0.25) is 0 Å². The standard InChI is InChI=1S/C24H33N5O2.HI/c1-4-31-22-12-10-19(11-13-22)18-28(3)23(25-2)26-17-20-8-7-9-21(16-20)27-24(30)29-14-5-6-15-29;/h7-13,16H,4-6,14-15,17-18H2,1-3H3,(H,25,26)(H,27,30);1H. The van der Waals surface area contributed by atoms with Gasteiger partial charge < -0.3 is 25.2 Å². The minimum atomic E-state index is -0.0199. The smallest absolute Gasteiger partial charge is 0.321 e. The van der Waals surface area contributed by atoms with Crippen LogP contribution in [0.3, 0.4) is 0 Å². The van der Waals surface area contributed by atoms with E-state index in [4.69, 9.17) is 4.74 Å². The van der Waals surface area contributed by atoms with Crippen molar-refractivity contribution in [3.05, 3.63) is 59.7 Å². The van der Waals surface area contributed by atoms with E-state index in [1.807, 2.05) is 55.3 Å². The normalized spacial score (nSPS) is 13.3. The quantitative estimate of drug-likeness (QED) is 0.301. The summed E-state index contributed by atoms with van der Waals surface area (Å²) in [7, 11) is 3.79. The first-order chi connectivity index (χ1) is 15.1. The Kier molecular flexibility index (Phi) is 10.6. The highest BCUT2D eigenvalue weighted by Gasteiger charge is 2.17. The Labute approximate surface area is 208 Å². The molecule has 1 aliphatic heterocycles. The molecule has 2 amide bonds. The Bertz CT molecular complexity index is 882. The largest absolute Gasteiger partial charge is 0.494 e. The van der Waals surface area contributed by atoms with Gasteiger partial charge in [-0.15, -0.1) is 24.0 Å². The number of urea groups is 1. The van der Waals surface area contributed by atoms with Crippen LogP contribution < -0.4 is 15.4 Å². The molecule has 0 saturated carbocycles. The number of aliphatic imine (C=N–C) groups is 1. The van der Waals surface area contributed by atoms with Crippen LogP contribution in [0, 0.1) is 0 Å². The van der Waals surface area contributed by atoms with Crippen LogP contribution in [-0.2, 0) is 13.1 Å². The first-order valence-corrected chi connectivity index (χ1v) is 10.9. The van der Waals surface area contributed by atoms with E-state index in [0.29, 0.717) is 13.2 Å². The van der Waals surface area contributed by atoms with Gasteiger partial charge in [0.25, 0.3) is 0 Å². The van der Waals surface area contributed by atoms with Gasteiger partial charge in [-0.2, -0.15) is 0 Å². The number of benzene rings is 2. The minimum Gasteiger partial charge on any atom is -0.494 e. The molecule has 0 spiro atoms. The summed E-state index contributed by atoms with van der Waals surface area (Å²) < 4.78 is 5.51. The molecule has 7 nitrogen and oxygen atoms in total. The fourth-order valence-electron chi connectivity index (χ4n) is 3.65. The van der Waals surface area contributed by atoms with E-state index in [1.165, 1.54) is 5.56 Å². The van der Waals surface area contributed by atoms with E-state index in [-0.39, 0.29) is 30.0 Å². The molecule has 0 unspecified atom stereocenters. The number of nitrogens with one attached hydrogen (secondary N) is 2. The summed E-state index contributed by atoms with van der Waals surface area (Å²) in [4.78, 5) is 20.7. The van der Waals surface area contributed by atoms with Crippen molar-refractivity contribution in [2.24, 2.45) is 4.99 Å². The molecule has 1 aliphatic rings. The van der Waals surface area contributed by atoms with Gasteiger partial charge in [0.05, 0.1) is 6.61 Å². The van der Waals surface area contributed by atoms with Gasteiger partial charge in [0, 0.05) is 46.0 Å². The van der Waals surface area contributed by atoms with Gasteiger partial charge in [-0.1, -0.05) is 24.3 Å². The van der Waals surface area contributed by atoms with Crippen molar-refractivity contribution in [1.82, 2.24) is 15.1 Å². The molecule has 1 saturated heterocycles. The van der Waals surface area contributed by atoms with E-state index in [1.54, 1.807) is 7.05 Å². The zero-order valence-corrected chi connectivity index (χ0v) is 21.5. The predicted molar refractivity (Wildman–Crippen MR) is 141 cm³/mol. The topological polar surface area (TPSA) is 69.2 Å². The fraction of sp³-hybridized carbons (Fsp3) is 0.417. The van der Waals surface area contributed by atoms with Gasteiger partial charge in [-0.05, 0) is 55.2 Å². The van der Waals surface area contributed by atoms with Crippen LogP contribution in [0.5, 0.6) is 5.75 Å². The summed E-state index contributed by atoms with van der Waals surface area (Å²) in [5, 5.41) is 6.40. The number of ether oxygens (including phenoxy) is 1. The van der Waals surface area contributed by atoms with Crippen LogP contribution in [-0.4, -0.2) is 55.6 Å². The van der Waals surface area contributed by atoms with Gasteiger partial charge in [0.1, 0.15) is 5.75 Å². The maximum atomic E-state index is 12.3. The van der Waals surface area contributed by atoms with Crippen molar-refractivity contribution < 1.29 is 9.53 Å². The molecule has 0 radical (unpaired) electrons. The maximum absolute atomic E-state index is 12.3. The molecule has 1 fully saturated rings. The van der Waals surface area contributed by atoms with E-state index in [0.717, 1.165) is 55.4 Å². The summed E-state index contributed by atoms with van der Waals surface area (Å²) in [6.45, 7) is 5.67. The van der Waals surface area contributed by atoms with Crippen LogP contribution in [0.4, 0.5) is 10.5 Å². The molecule has 0 bridgehead atoms. The Morgan fingerprint density at radius 3 is 2.50 bits per heavy atom. The minimum absolute atomic E-state index is 0. The average molecular weight is 551 g/mol. The lowest BCUT2D eigenvalue weighted by atomic mass is 10.2. The molecule has 174 valence electrons. The van der Waals surface area contributed by atoms with E-state index >= 15 is 0 Å². The summed E-state index contributed by atoms with van der Waals surface area (Å²) in [5.74, 6) is 1.69. The average Bonchev–Trinajstić information content (AvgIpc) is 3.31. The molecule has 2 aromatic carbocycles. The molecule has 8 heteroatoms. The van der Waals surface area contributed by atoms with Crippen LogP contribution in [0.2, 0.25) is 0 Å². The number of guanidine groups is 1. The lowest BCUT2D eigenvalue weighted by Crippen LogP contribution is -2.38. The molecule has 2 N–H and O–H groups in total. The fourth-order valence-corrected chi connectivity index (χ4v) is 3.65. The number of nitrogens with zero attached hydrogens (tertiary/aromatic N) is 3. The number of carbonyl (C=O) groups excluding carboxylic acids is 1. The van der Waals surface area contributed by atoms with Gasteiger partial charge in [-0.25, -0.2) is 4.79 Å². The summed E-state index contributed by atoms with van der Waals surface area (Å²) >= 11 is 0. The van der Waals surface area contributed by atoms with Crippen molar-refractivity contribution in [2.45, 2.75) is 32.9 Å². The number of rotatable bonds is 7. The molecular weight excluding hydrogens is 517 g/mol. The third-order valence-electron chi connectivity index (χ3n) is 5.25. The van der Waals surface area contributed by atoms with Crippen LogP contribution in [0.15, 0.2) is 53.5 Å². The molecular formula is C24H34IN5O2. The number of carbonyl (C=O) groups is 1. The lowest BCUT2D eigenvalue weighted by molar-refractivity contribution is 0.222. The Morgan fingerprint density at radius 2 is 1.84 bits per heavy atom. The van der Waals surface area contributed by atoms with E-state index in [9.17, 15) is 4.79 Å². The molecule has 2 aromatic rings. The first kappa shape index (κ1) is 25.8. The number of halogens is 1. The monoisotopic (exact) mass is 551 g/mol. The second-order valence-electron chi connectivity index (χ2n) is 7.66. The number of hydrogen-bond acceptors (Lipinski definition) is 3. The number of likely N-dealkylation sites (tertiary alicyclic amines) is 1. The van der Waals surface area contributed by atoms with Crippen LogP contribution in [0.1, 0.15) is 30.9 Å². The second-order valence-corrected chi connectivity index (χ2v) is 7.66. The third-order valence-corrected chi connectivity index (χ3v) is 5.25. The van der Waals surface area contributed by atoms with Gasteiger partial charge in [-0.3, -0.25) is 4.99 Å². The third kappa shape index (κ3) is 7.58. The summed E-state index contributed by atoms with van der Waals surface area (Å²) in [6.07, 6.45) is 2.17. The number of hydrogen-bond donors (Lipinski definition) is 2. The predicted octanol–water partition coefficient (Wildman–Crippen LogP) is 4.54. The lowest BCUT2D eigenvalue weighted by Gasteiger charge is -2.22. The highest BCUT2D eigenvalue weighted by atomic mass is 127. The molecule has 0 aromatic heterocycles. The summed E-state index contributed by atoms with van der Waals surface area (Å²) in [6, 6.07) is 16.0. The molecule has 0 atom stereocenters. The second kappa shape index (κ2) is 13.1. The van der Waals surface area contributed by atoms with E-state index in [2.05, 4.69) is 32.7 Å². The SMILES string of the molecule is CCOc1ccc(CN(C)C(=NC)NCc2cccc(NC(=O)N3CCCC3)c2)cc1.I. The highest BCUT2D eigenvalue weighted by Crippen LogP contribution is 2.15. The zero-order chi connectivity index (χ0) is 22.1. The highest BCUT2D eigenvalue weighted by molar-refractivity contribution is 14.0. The maximum Gasteiger partial charge on any atom is 0.321 e. The van der Waals surface area contributed by atoms with Gasteiger partial charge in [0.15, 0.2) is 5.96 Å². The summed E-state index contributed by atoms with van der Waals surface area (Å²) in [5.41, 5.74) is 3.07. The molecule has 32 heavy (non-hydrogen) atoms. The van der Waals surface area contributed by atoms with Gasteiger partial charge >= 0.3 is 6.03 Å². The van der Waals surface area contributed by atoms with Crippen molar-refractivity contribution in [2.75, 3.05) is 39.1 Å². The molecule has 3 rings (SSSR count). The number of anilines is 1. The zero-order valence-electron chi connectivity index (χ0n) is 19.1. The Morgan fingerprint density at radius 1 is 1.12 bits per heavy atom. The first-order valence-electron chi connectivity index (χ1n) is 10.9. The van der Waals surface area contributed by atoms with Crippen molar-refractivity contribution in [1.29, 1.82) is 0 Å². The Hall–Kier alpha value is -2.49. The van der Waals surface area contributed by atoms with Crippen LogP contribution >= 0.6 is 24.0 Å². The number of amides is 2. The molecule has 0 aliphatic carbocycles. The van der Waals surface area contributed by atoms with Crippen molar-refractivity contribution in [3.63, 3.8) is 0 Å². The van der Waals surface area contributed by atoms with Crippen molar-refractivity contribution in [3.8, 4) is 5.75 Å².